The van der Waals surface area contributed by atoms with Crippen molar-refractivity contribution in [3.63, 3.8) is 0 Å². The first-order chi connectivity index (χ1) is 15.3. The van der Waals surface area contributed by atoms with Crippen LogP contribution in [0.1, 0.15) is 37.4 Å². The number of carbonyl (C=O) groups is 1. The van der Waals surface area contributed by atoms with E-state index in [2.05, 4.69) is 40.9 Å². The Morgan fingerprint density at radius 1 is 1.03 bits per heavy atom. The second kappa shape index (κ2) is 13.0. The molecular formula is C24H35N3O3S2. The topological polar surface area (TPSA) is 78.5 Å². The Hall–Kier alpha value is -1.87. The minimum absolute atomic E-state index is 0.0186. The van der Waals surface area contributed by atoms with Gasteiger partial charge in [-0.3, -0.25) is 9.69 Å². The van der Waals surface area contributed by atoms with Crippen molar-refractivity contribution >= 4 is 27.7 Å². The fourth-order valence-electron chi connectivity index (χ4n) is 3.57. The number of rotatable bonds is 13. The summed E-state index contributed by atoms with van der Waals surface area (Å²) in [6.07, 6.45) is 2.36. The lowest BCUT2D eigenvalue weighted by atomic mass is 10.0. The third-order valence-corrected chi connectivity index (χ3v) is 7.59. The zero-order valence-corrected chi connectivity index (χ0v) is 21.0. The van der Waals surface area contributed by atoms with Gasteiger partial charge in [0.15, 0.2) is 0 Å². The van der Waals surface area contributed by atoms with Crippen LogP contribution in [0.2, 0.25) is 0 Å². The lowest BCUT2D eigenvalue weighted by molar-refractivity contribution is -0.123. The molecule has 0 spiro atoms. The third-order valence-electron chi connectivity index (χ3n) is 5.46. The maximum absolute atomic E-state index is 13.1. The molecule has 0 heterocycles. The first kappa shape index (κ1) is 26.4. The molecule has 2 aromatic rings. The fraction of sp³-hybridized carbons (Fsp3) is 0.458. The number of nitrogens with zero attached hydrogens (tertiary/aromatic N) is 1. The van der Waals surface area contributed by atoms with Crippen molar-refractivity contribution in [1.82, 2.24) is 14.9 Å². The molecule has 2 atom stereocenters. The molecule has 2 aromatic carbocycles. The molecule has 0 saturated heterocycles. The largest absolute Gasteiger partial charge is 0.353 e. The molecule has 8 heteroatoms. The van der Waals surface area contributed by atoms with Gasteiger partial charge in [0.1, 0.15) is 6.04 Å². The minimum Gasteiger partial charge on any atom is -0.353 e. The molecule has 0 fully saturated rings. The molecule has 0 aliphatic rings. The maximum atomic E-state index is 13.1. The van der Waals surface area contributed by atoms with Crippen LogP contribution < -0.4 is 10.0 Å². The van der Waals surface area contributed by atoms with E-state index in [9.17, 15) is 13.2 Å². The van der Waals surface area contributed by atoms with Gasteiger partial charge in [-0.25, -0.2) is 8.42 Å². The zero-order chi connectivity index (χ0) is 23.6. The monoisotopic (exact) mass is 477 g/mol. The van der Waals surface area contributed by atoms with Crippen molar-refractivity contribution in [1.29, 1.82) is 0 Å². The van der Waals surface area contributed by atoms with Crippen LogP contribution in [0.4, 0.5) is 0 Å². The lowest BCUT2D eigenvalue weighted by Gasteiger charge is -2.31. The summed E-state index contributed by atoms with van der Waals surface area (Å²) in [6.45, 7) is 8.20. The van der Waals surface area contributed by atoms with E-state index in [1.54, 1.807) is 36.0 Å². The molecule has 1 amide bonds. The van der Waals surface area contributed by atoms with Crippen LogP contribution in [-0.4, -0.2) is 56.9 Å². The average Bonchev–Trinajstić information content (AvgIpc) is 2.80. The lowest BCUT2D eigenvalue weighted by Crippen LogP contribution is -2.49. The standard InChI is InChI=1S/C24H35N3O3S2/c1-5-27(6-2)23(20-10-8-7-9-11-20)18-25-24(28)22(16-17-31-4)26-32(29,30)21-14-12-19(3)13-15-21/h7-15,22-23,26H,5-6,16-18H2,1-4H3,(H,25,28). The summed E-state index contributed by atoms with van der Waals surface area (Å²) in [4.78, 5) is 15.5. The van der Waals surface area contributed by atoms with E-state index in [0.29, 0.717) is 18.7 Å². The van der Waals surface area contributed by atoms with Crippen LogP contribution in [0, 0.1) is 6.92 Å². The van der Waals surface area contributed by atoms with Gasteiger partial charge in [0.25, 0.3) is 0 Å². The highest BCUT2D eigenvalue weighted by molar-refractivity contribution is 7.98. The summed E-state index contributed by atoms with van der Waals surface area (Å²) in [7, 11) is -3.80. The Morgan fingerprint density at radius 3 is 2.22 bits per heavy atom. The van der Waals surface area contributed by atoms with Gasteiger partial charge in [-0.15, -0.1) is 0 Å². The highest BCUT2D eigenvalue weighted by atomic mass is 32.2. The van der Waals surface area contributed by atoms with Crippen LogP contribution >= 0.6 is 11.8 Å². The Labute approximate surface area is 197 Å². The van der Waals surface area contributed by atoms with Gasteiger partial charge in [0.2, 0.25) is 15.9 Å². The molecular weight excluding hydrogens is 442 g/mol. The van der Waals surface area contributed by atoms with Gasteiger partial charge in [-0.1, -0.05) is 61.9 Å². The number of nitrogens with one attached hydrogen (secondary N) is 2. The highest BCUT2D eigenvalue weighted by Crippen LogP contribution is 2.20. The predicted molar refractivity (Wildman–Crippen MR) is 133 cm³/mol. The number of thioether (sulfide) groups is 1. The van der Waals surface area contributed by atoms with Crippen molar-refractivity contribution < 1.29 is 13.2 Å². The number of sulfonamides is 1. The van der Waals surface area contributed by atoms with E-state index >= 15 is 0 Å². The molecule has 2 rings (SSSR count). The third kappa shape index (κ3) is 7.62. The summed E-state index contributed by atoms with van der Waals surface area (Å²) >= 11 is 1.58. The molecule has 2 unspecified atom stereocenters. The molecule has 0 bridgehead atoms. The van der Waals surface area contributed by atoms with Crippen LogP contribution in [-0.2, 0) is 14.8 Å². The Balaban J connectivity index is 2.16. The number of carbonyl (C=O) groups excluding carboxylic acids is 1. The zero-order valence-electron chi connectivity index (χ0n) is 19.4. The van der Waals surface area contributed by atoms with Crippen LogP contribution in [0.3, 0.4) is 0 Å². The first-order valence-corrected chi connectivity index (χ1v) is 13.8. The Morgan fingerprint density at radius 2 is 1.66 bits per heavy atom. The summed E-state index contributed by atoms with van der Waals surface area (Å²) in [6, 6.07) is 15.9. The van der Waals surface area contributed by atoms with Gasteiger partial charge < -0.3 is 5.32 Å². The molecule has 176 valence electrons. The Kier molecular flexibility index (Phi) is 10.7. The molecule has 0 radical (unpaired) electrons. The number of aryl methyl sites for hydroxylation is 1. The van der Waals surface area contributed by atoms with Crippen LogP contribution in [0.15, 0.2) is 59.5 Å². The smallest absolute Gasteiger partial charge is 0.241 e. The molecule has 0 aromatic heterocycles. The Bertz CT molecular complexity index is 931. The van der Waals surface area contributed by atoms with Gasteiger partial charge in [-0.2, -0.15) is 16.5 Å². The number of likely N-dealkylation sites (N-methyl/N-ethyl adjacent to an activating group) is 1. The van der Waals surface area contributed by atoms with E-state index in [4.69, 9.17) is 0 Å². The summed E-state index contributed by atoms with van der Waals surface area (Å²) in [5, 5.41) is 3.01. The summed E-state index contributed by atoms with van der Waals surface area (Å²) in [5.41, 5.74) is 2.10. The molecule has 32 heavy (non-hydrogen) atoms. The molecule has 0 saturated carbocycles. The average molecular weight is 478 g/mol. The van der Waals surface area contributed by atoms with Crippen LogP contribution in [0.5, 0.6) is 0 Å². The van der Waals surface area contributed by atoms with E-state index in [-0.39, 0.29) is 16.8 Å². The van der Waals surface area contributed by atoms with Gasteiger partial charge in [0.05, 0.1) is 10.9 Å². The van der Waals surface area contributed by atoms with Crippen LogP contribution in [0.25, 0.3) is 0 Å². The second-order valence-electron chi connectivity index (χ2n) is 7.66. The quantitative estimate of drug-likeness (QED) is 0.461. The number of hydrogen-bond acceptors (Lipinski definition) is 5. The van der Waals surface area contributed by atoms with E-state index in [0.717, 1.165) is 24.2 Å². The molecule has 0 aliphatic carbocycles. The van der Waals surface area contributed by atoms with Crippen molar-refractivity contribution in [2.75, 3.05) is 31.6 Å². The molecule has 6 nitrogen and oxygen atoms in total. The predicted octanol–water partition coefficient (Wildman–Crippen LogP) is 3.59. The van der Waals surface area contributed by atoms with Crippen molar-refractivity contribution in [2.24, 2.45) is 0 Å². The van der Waals surface area contributed by atoms with Crippen molar-refractivity contribution in [3.8, 4) is 0 Å². The molecule has 0 aliphatic heterocycles. The van der Waals surface area contributed by atoms with Crippen molar-refractivity contribution in [2.45, 2.75) is 44.2 Å². The first-order valence-electron chi connectivity index (χ1n) is 11.0. The van der Waals surface area contributed by atoms with E-state index in [1.807, 2.05) is 31.4 Å². The maximum Gasteiger partial charge on any atom is 0.241 e. The van der Waals surface area contributed by atoms with Gasteiger partial charge >= 0.3 is 0 Å². The SMILES string of the molecule is CCN(CC)C(CNC(=O)C(CCSC)NS(=O)(=O)c1ccc(C)cc1)c1ccccc1. The highest BCUT2D eigenvalue weighted by Gasteiger charge is 2.27. The fourth-order valence-corrected chi connectivity index (χ4v) is 5.27. The summed E-state index contributed by atoms with van der Waals surface area (Å²) < 4.78 is 28.4. The van der Waals surface area contributed by atoms with E-state index in [1.165, 1.54) is 0 Å². The minimum atomic E-state index is -3.80. The van der Waals surface area contributed by atoms with E-state index < -0.39 is 16.1 Å². The number of hydrogen-bond donors (Lipinski definition) is 2. The van der Waals surface area contributed by atoms with Gasteiger partial charge in [0, 0.05) is 6.54 Å². The summed E-state index contributed by atoms with van der Waals surface area (Å²) in [5.74, 6) is 0.370. The van der Waals surface area contributed by atoms with Crippen molar-refractivity contribution in [3.05, 3.63) is 65.7 Å². The number of amides is 1. The second-order valence-corrected chi connectivity index (χ2v) is 10.4. The number of benzene rings is 2. The molecule has 2 N–H and O–H groups in total. The van der Waals surface area contributed by atoms with Gasteiger partial charge in [-0.05, 0) is 56.1 Å². The normalized spacial score (nSPS) is 13.7.